The maximum atomic E-state index is 6.35. The zero-order chi connectivity index (χ0) is 15.7. The fourth-order valence-electron chi connectivity index (χ4n) is 3.21. The molecule has 4 rings (SSSR count). The zero-order valence-electron chi connectivity index (χ0n) is 13.1. The fraction of sp³-hybridized carbons (Fsp3) is 0.389. The molecule has 0 spiro atoms. The second-order valence-corrected chi connectivity index (χ2v) is 5.98. The molecule has 0 N–H and O–H groups in total. The molecule has 1 aliphatic rings. The van der Waals surface area contributed by atoms with Gasteiger partial charge < -0.3 is 18.5 Å². The van der Waals surface area contributed by atoms with Crippen LogP contribution in [0.1, 0.15) is 25.5 Å². The summed E-state index contributed by atoms with van der Waals surface area (Å²) in [5.74, 6) is -0.163. The highest BCUT2D eigenvalue weighted by Crippen LogP contribution is 2.41. The number of aromatic nitrogens is 2. The number of hydrogen-bond acceptors (Lipinski definition) is 4. The Morgan fingerprint density at radius 3 is 3.09 bits per heavy atom. The van der Waals surface area contributed by atoms with Crippen LogP contribution in [0.15, 0.2) is 53.7 Å². The van der Waals surface area contributed by atoms with Crippen LogP contribution < -0.4 is 0 Å². The van der Waals surface area contributed by atoms with Crippen LogP contribution >= 0.6 is 0 Å². The summed E-state index contributed by atoms with van der Waals surface area (Å²) in [7, 11) is 0. The molecule has 23 heavy (non-hydrogen) atoms. The van der Waals surface area contributed by atoms with Gasteiger partial charge in [0.25, 0.3) is 0 Å². The standard InChI is InChI=1S/C18H20N2O3/c1-2-5-15-11-22-18(23-15,12-20-9-8-19-13-20)17-16-7-4-3-6-14(16)10-21-17/h3-4,6-10,13,15H,2,5,11-12H2,1H3. The van der Waals surface area contributed by atoms with E-state index in [9.17, 15) is 0 Å². The van der Waals surface area contributed by atoms with Crippen LogP contribution in [-0.2, 0) is 21.8 Å². The third-order valence-corrected chi connectivity index (χ3v) is 4.28. The fourth-order valence-corrected chi connectivity index (χ4v) is 3.21. The Morgan fingerprint density at radius 2 is 2.26 bits per heavy atom. The summed E-state index contributed by atoms with van der Waals surface area (Å²) in [6, 6.07) is 8.08. The summed E-state index contributed by atoms with van der Waals surface area (Å²) in [6.45, 7) is 3.25. The topological polar surface area (TPSA) is 49.4 Å². The van der Waals surface area contributed by atoms with Gasteiger partial charge in [-0.15, -0.1) is 0 Å². The van der Waals surface area contributed by atoms with Gasteiger partial charge >= 0.3 is 0 Å². The molecular formula is C18H20N2O3. The molecule has 1 aliphatic heterocycles. The van der Waals surface area contributed by atoms with E-state index in [0.29, 0.717) is 13.2 Å². The number of benzene rings is 1. The molecule has 0 saturated carbocycles. The van der Waals surface area contributed by atoms with Gasteiger partial charge in [-0.25, -0.2) is 4.98 Å². The van der Waals surface area contributed by atoms with E-state index in [1.807, 2.05) is 35.0 Å². The van der Waals surface area contributed by atoms with Crippen molar-refractivity contribution in [1.29, 1.82) is 0 Å². The quantitative estimate of drug-likeness (QED) is 0.721. The molecule has 0 bridgehead atoms. The van der Waals surface area contributed by atoms with Crippen LogP contribution in [0.5, 0.6) is 0 Å². The number of rotatable bonds is 5. The Morgan fingerprint density at radius 1 is 1.35 bits per heavy atom. The summed E-state index contributed by atoms with van der Waals surface area (Å²) in [5, 5.41) is 2.09. The maximum Gasteiger partial charge on any atom is 0.248 e. The van der Waals surface area contributed by atoms with E-state index in [2.05, 4.69) is 11.9 Å². The lowest BCUT2D eigenvalue weighted by atomic mass is 10.1. The normalized spacial score (nSPS) is 24.5. The smallest absolute Gasteiger partial charge is 0.248 e. The first-order valence-electron chi connectivity index (χ1n) is 8.05. The van der Waals surface area contributed by atoms with E-state index >= 15 is 0 Å². The molecule has 3 heterocycles. The number of nitrogens with zero attached hydrogens (tertiary/aromatic N) is 2. The van der Waals surface area contributed by atoms with E-state index in [1.165, 1.54) is 0 Å². The highest BCUT2D eigenvalue weighted by Gasteiger charge is 2.47. The number of hydrogen-bond donors (Lipinski definition) is 0. The van der Waals surface area contributed by atoms with E-state index in [0.717, 1.165) is 29.4 Å². The van der Waals surface area contributed by atoms with Crippen molar-refractivity contribution < 1.29 is 13.9 Å². The summed E-state index contributed by atoms with van der Waals surface area (Å²) >= 11 is 0. The highest BCUT2D eigenvalue weighted by atomic mass is 16.8. The van der Waals surface area contributed by atoms with Gasteiger partial charge in [-0.2, -0.15) is 0 Å². The Hall–Kier alpha value is -2.11. The van der Waals surface area contributed by atoms with E-state index in [1.54, 1.807) is 18.8 Å². The molecule has 1 saturated heterocycles. The molecule has 3 aromatic rings. The molecule has 1 fully saturated rings. The van der Waals surface area contributed by atoms with Crippen molar-refractivity contribution in [1.82, 2.24) is 9.55 Å². The summed E-state index contributed by atoms with van der Waals surface area (Å²) in [5.41, 5.74) is 0. The van der Waals surface area contributed by atoms with E-state index in [4.69, 9.17) is 13.9 Å². The molecule has 2 atom stereocenters. The van der Waals surface area contributed by atoms with Crippen LogP contribution in [-0.4, -0.2) is 22.3 Å². The molecule has 1 aromatic carbocycles. The van der Waals surface area contributed by atoms with Gasteiger partial charge in [0.2, 0.25) is 5.79 Å². The molecule has 0 radical (unpaired) electrons. The lowest BCUT2D eigenvalue weighted by molar-refractivity contribution is -0.198. The monoisotopic (exact) mass is 312 g/mol. The van der Waals surface area contributed by atoms with Crippen LogP contribution in [0.2, 0.25) is 0 Å². The summed E-state index contributed by atoms with van der Waals surface area (Å²) in [4.78, 5) is 4.12. The highest BCUT2D eigenvalue weighted by molar-refractivity contribution is 5.84. The van der Waals surface area contributed by atoms with Crippen molar-refractivity contribution in [2.45, 2.75) is 38.2 Å². The molecule has 0 amide bonds. The van der Waals surface area contributed by atoms with Crippen molar-refractivity contribution in [3.05, 3.63) is 55.0 Å². The number of imidazole rings is 1. The maximum absolute atomic E-state index is 6.35. The van der Waals surface area contributed by atoms with Gasteiger partial charge in [0.15, 0.2) is 5.76 Å². The number of ether oxygens (including phenoxy) is 2. The summed E-state index contributed by atoms with van der Waals surface area (Å²) in [6.07, 6.45) is 9.33. The molecule has 5 heteroatoms. The Kier molecular flexibility index (Phi) is 3.67. The molecular weight excluding hydrogens is 292 g/mol. The Balaban J connectivity index is 1.76. The molecule has 120 valence electrons. The number of fused-ring (bicyclic) bond motifs is 1. The lowest BCUT2D eigenvalue weighted by Crippen LogP contribution is -2.33. The molecule has 5 nitrogen and oxygen atoms in total. The average Bonchev–Trinajstić information content (AvgIpc) is 3.28. The largest absolute Gasteiger partial charge is 0.462 e. The Labute approximate surface area is 134 Å². The Bertz CT molecular complexity index is 781. The van der Waals surface area contributed by atoms with E-state index < -0.39 is 5.79 Å². The molecule has 2 aromatic heterocycles. The number of furan rings is 1. The van der Waals surface area contributed by atoms with Gasteiger partial charge in [0.05, 0.1) is 31.8 Å². The predicted molar refractivity (Wildman–Crippen MR) is 85.9 cm³/mol. The van der Waals surface area contributed by atoms with Crippen LogP contribution in [0, 0.1) is 0 Å². The third kappa shape index (κ3) is 2.56. The van der Waals surface area contributed by atoms with Crippen molar-refractivity contribution in [3.8, 4) is 0 Å². The second kappa shape index (κ2) is 5.83. The predicted octanol–water partition coefficient (Wildman–Crippen LogP) is 3.70. The van der Waals surface area contributed by atoms with Gasteiger partial charge in [-0.05, 0) is 6.42 Å². The van der Waals surface area contributed by atoms with Gasteiger partial charge in [0, 0.05) is 23.2 Å². The first kappa shape index (κ1) is 14.5. The van der Waals surface area contributed by atoms with Gasteiger partial charge in [-0.3, -0.25) is 0 Å². The van der Waals surface area contributed by atoms with Gasteiger partial charge in [0.1, 0.15) is 0 Å². The van der Waals surface area contributed by atoms with Crippen molar-refractivity contribution in [3.63, 3.8) is 0 Å². The average molecular weight is 312 g/mol. The lowest BCUT2D eigenvalue weighted by Gasteiger charge is -2.26. The summed E-state index contributed by atoms with van der Waals surface area (Å²) < 4.78 is 20.4. The third-order valence-electron chi connectivity index (χ3n) is 4.28. The van der Waals surface area contributed by atoms with Crippen LogP contribution in [0.3, 0.4) is 0 Å². The molecule has 2 unspecified atom stereocenters. The van der Waals surface area contributed by atoms with Gasteiger partial charge in [-0.1, -0.05) is 37.6 Å². The minimum absolute atomic E-state index is 0.0902. The minimum atomic E-state index is -0.899. The first-order valence-corrected chi connectivity index (χ1v) is 8.05. The van der Waals surface area contributed by atoms with Crippen molar-refractivity contribution >= 4 is 10.8 Å². The zero-order valence-corrected chi connectivity index (χ0v) is 13.1. The van der Waals surface area contributed by atoms with Crippen LogP contribution in [0.25, 0.3) is 10.8 Å². The van der Waals surface area contributed by atoms with E-state index in [-0.39, 0.29) is 6.10 Å². The second-order valence-electron chi connectivity index (χ2n) is 5.98. The van der Waals surface area contributed by atoms with Crippen molar-refractivity contribution in [2.75, 3.05) is 6.61 Å². The SMILES string of the molecule is CCCC1COC(Cn2ccnc2)(c2occ3ccccc23)O1. The first-order chi connectivity index (χ1) is 11.3. The van der Waals surface area contributed by atoms with Crippen LogP contribution in [0.4, 0.5) is 0 Å². The van der Waals surface area contributed by atoms with Crippen molar-refractivity contribution in [2.24, 2.45) is 0 Å². The molecule has 0 aliphatic carbocycles. The minimum Gasteiger partial charge on any atom is -0.462 e.